The Hall–Kier alpha value is -2.69. The van der Waals surface area contributed by atoms with E-state index in [2.05, 4.69) is 20.8 Å². The van der Waals surface area contributed by atoms with Crippen molar-refractivity contribution in [3.05, 3.63) is 66.0 Å². The third kappa shape index (κ3) is 3.45. The molecule has 3 rings (SSSR count). The molecule has 0 saturated heterocycles. The van der Waals surface area contributed by atoms with Gasteiger partial charge in [0.05, 0.1) is 0 Å². The van der Waals surface area contributed by atoms with E-state index in [1.807, 2.05) is 42.5 Å². The molecule has 0 fully saturated rings. The minimum Gasteiger partial charge on any atom is -0.285 e. The number of nitrogens with one attached hydrogen (secondary N) is 2. The highest BCUT2D eigenvalue weighted by molar-refractivity contribution is 5.94. The molecule has 5 heteroatoms. The predicted octanol–water partition coefficient (Wildman–Crippen LogP) is 1.27. The van der Waals surface area contributed by atoms with Crippen molar-refractivity contribution in [2.45, 2.75) is 18.9 Å². The summed E-state index contributed by atoms with van der Waals surface area (Å²) in [7, 11) is 0. The molecule has 1 aliphatic heterocycles. The van der Waals surface area contributed by atoms with E-state index in [0.717, 1.165) is 17.0 Å². The summed E-state index contributed by atoms with van der Waals surface area (Å²) in [6.45, 7) is 0. The number of rotatable bonds is 4. The number of amides is 1. The monoisotopic (exact) mass is 280 g/mol. The molecule has 106 valence electrons. The highest BCUT2D eigenvalue weighted by Gasteiger charge is 2.23. The van der Waals surface area contributed by atoms with Crippen molar-refractivity contribution in [2.24, 2.45) is 4.99 Å². The highest BCUT2D eigenvalue weighted by Crippen LogP contribution is 2.09. The fourth-order valence-electron chi connectivity index (χ4n) is 2.26. The van der Waals surface area contributed by atoms with Crippen LogP contribution in [-0.4, -0.2) is 22.8 Å². The summed E-state index contributed by atoms with van der Waals surface area (Å²) in [5.41, 5.74) is 7.69. The predicted molar refractivity (Wildman–Crippen MR) is 80.6 cm³/mol. The normalized spacial score (nSPS) is 17.6. The number of benzene rings is 1. The summed E-state index contributed by atoms with van der Waals surface area (Å²) in [5.74, 6) is 0.650. The van der Waals surface area contributed by atoms with Crippen LogP contribution < -0.4 is 10.9 Å². The Kier molecular flexibility index (Phi) is 3.91. The molecule has 1 unspecified atom stereocenters. The van der Waals surface area contributed by atoms with E-state index < -0.39 is 0 Å². The quantitative estimate of drug-likeness (QED) is 0.886. The lowest BCUT2D eigenvalue weighted by Crippen LogP contribution is -2.52. The number of amidine groups is 1. The maximum absolute atomic E-state index is 11.9. The van der Waals surface area contributed by atoms with Crippen LogP contribution in [0.2, 0.25) is 0 Å². The molecule has 0 bridgehead atoms. The zero-order valence-corrected chi connectivity index (χ0v) is 11.5. The maximum atomic E-state index is 11.9. The molecule has 0 radical (unpaired) electrons. The number of aromatic nitrogens is 1. The second kappa shape index (κ2) is 6.17. The lowest BCUT2D eigenvalue weighted by atomic mass is 10.1. The van der Waals surface area contributed by atoms with Gasteiger partial charge in [-0.1, -0.05) is 36.4 Å². The van der Waals surface area contributed by atoms with E-state index >= 15 is 0 Å². The second-order valence-electron chi connectivity index (χ2n) is 4.93. The maximum Gasteiger partial charge on any atom is 0.263 e. The van der Waals surface area contributed by atoms with Crippen LogP contribution in [-0.2, 0) is 17.6 Å². The lowest BCUT2D eigenvalue weighted by Gasteiger charge is -2.22. The number of carbonyl (C=O) groups excluding carboxylic acids is 1. The fraction of sp³-hybridized carbons (Fsp3) is 0.188. The summed E-state index contributed by atoms with van der Waals surface area (Å²) in [6, 6.07) is 13.4. The van der Waals surface area contributed by atoms with E-state index in [0.29, 0.717) is 12.8 Å². The Morgan fingerprint density at radius 1 is 1.00 bits per heavy atom. The summed E-state index contributed by atoms with van der Waals surface area (Å²) in [4.78, 5) is 20.5. The van der Waals surface area contributed by atoms with Crippen molar-refractivity contribution < 1.29 is 4.79 Å². The molecule has 2 N–H and O–H groups in total. The van der Waals surface area contributed by atoms with Gasteiger partial charge in [-0.15, -0.1) is 0 Å². The largest absolute Gasteiger partial charge is 0.285 e. The smallest absolute Gasteiger partial charge is 0.263 e. The molecule has 2 aromatic rings. The Morgan fingerprint density at radius 2 is 1.81 bits per heavy atom. The summed E-state index contributed by atoms with van der Waals surface area (Å²) in [6.07, 6.45) is 4.76. The molecule has 0 saturated carbocycles. The van der Waals surface area contributed by atoms with Gasteiger partial charge in [-0.25, -0.2) is 0 Å². The van der Waals surface area contributed by atoms with Crippen LogP contribution >= 0.6 is 0 Å². The molecule has 1 aromatic carbocycles. The molecule has 2 heterocycles. The highest BCUT2D eigenvalue weighted by atomic mass is 16.2. The van der Waals surface area contributed by atoms with Crippen LogP contribution in [0.5, 0.6) is 0 Å². The average molecular weight is 280 g/mol. The van der Waals surface area contributed by atoms with Crippen molar-refractivity contribution in [3.8, 4) is 0 Å². The van der Waals surface area contributed by atoms with Gasteiger partial charge in [-0.2, -0.15) is 0 Å². The number of aliphatic imine (C=N–C) groups is 1. The number of hydrogen-bond donors (Lipinski definition) is 2. The first-order valence-electron chi connectivity index (χ1n) is 6.86. The van der Waals surface area contributed by atoms with Crippen molar-refractivity contribution >= 4 is 11.7 Å². The fourth-order valence-corrected chi connectivity index (χ4v) is 2.26. The topological polar surface area (TPSA) is 66.4 Å². The van der Waals surface area contributed by atoms with Gasteiger partial charge in [0, 0.05) is 25.2 Å². The van der Waals surface area contributed by atoms with E-state index in [4.69, 9.17) is 0 Å². The summed E-state index contributed by atoms with van der Waals surface area (Å²) in [5, 5.41) is 0. The first-order chi connectivity index (χ1) is 10.3. The Morgan fingerprint density at radius 3 is 2.57 bits per heavy atom. The van der Waals surface area contributed by atoms with E-state index in [1.165, 1.54) is 0 Å². The Bertz CT molecular complexity index is 640. The average Bonchev–Trinajstić information content (AvgIpc) is 2.53. The van der Waals surface area contributed by atoms with Gasteiger partial charge in [0.1, 0.15) is 11.9 Å². The van der Waals surface area contributed by atoms with Crippen LogP contribution in [0.15, 0.2) is 59.9 Å². The Labute approximate surface area is 123 Å². The minimum atomic E-state index is -0.389. The van der Waals surface area contributed by atoms with Crippen molar-refractivity contribution in [3.63, 3.8) is 0 Å². The van der Waals surface area contributed by atoms with Crippen LogP contribution in [0.25, 0.3) is 0 Å². The summed E-state index contributed by atoms with van der Waals surface area (Å²) >= 11 is 0. The van der Waals surface area contributed by atoms with Crippen molar-refractivity contribution in [1.82, 2.24) is 15.8 Å². The van der Waals surface area contributed by atoms with Gasteiger partial charge >= 0.3 is 0 Å². The van der Waals surface area contributed by atoms with Gasteiger partial charge in [-0.3, -0.25) is 25.6 Å². The lowest BCUT2D eigenvalue weighted by molar-refractivity contribution is -0.123. The van der Waals surface area contributed by atoms with Gasteiger partial charge in [-0.05, 0) is 17.2 Å². The molecule has 1 aliphatic rings. The molecule has 0 aliphatic carbocycles. The second-order valence-corrected chi connectivity index (χ2v) is 4.93. The van der Waals surface area contributed by atoms with Crippen LogP contribution in [0.4, 0.5) is 0 Å². The zero-order valence-electron chi connectivity index (χ0n) is 11.5. The standard InChI is InChI=1S/C16H16N4O/c21-16-14(9-12-5-2-1-3-6-12)18-15(19-20-16)10-13-7-4-8-17-11-13/h1-8,11,14H,9-10H2,(H,18,19)(H,20,21). The number of hydrogen-bond acceptors (Lipinski definition) is 4. The molecular weight excluding hydrogens is 264 g/mol. The van der Waals surface area contributed by atoms with Crippen LogP contribution in [0.3, 0.4) is 0 Å². The van der Waals surface area contributed by atoms with E-state index in [-0.39, 0.29) is 11.9 Å². The van der Waals surface area contributed by atoms with Crippen molar-refractivity contribution in [1.29, 1.82) is 0 Å². The summed E-state index contributed by atoms with van der Waals surface area (Å²) < 4.78 is 0. The van der Waals surface area contributed by atoms with Gasteiger partial charge in [0.2, 0.25) is 0 Å². The number of hydrazine groups is 1. The van der Waals surface area contributed by atoms with Gasteiger partial charge in [0.15, 0.2) is 0 Å². The third-order valence-corrected chi connectivity index (χ3v) is 3.31. The molecule has 1 atom stereocenters. The van der Waals surface area contributed by atoms with Crippen LogP contribution in [0.1, 0.15) is 11.1 Å². The molecule has 0 spiro atoms. The SMILES string of the molecule is O=C1NNC(Cc2cccnc2)=NC1Cc1ccccc1. The van der Waals surface area contributed by atoms with Gasteiger partial charge in [0.25, 0.3) is 5.91 Å². The number of carbonyl (C=O) groups is 1. The molecule has 21 heavy (non-hydrogen) atoms. The molecule has 5 nitrogen and oxygen atoms in total. The van der Waals surface area contributed by atoms with Gasteiger partial charge < -0.3 is 0 Å². The van der Waals surface area contributed by atoms with E-state index in [9.17, 15) is 4.79 Å². The molecule has 1 aromatic heterocycles. The molecule has 1 amide bonds. The third-order valence-electron chi connectivity index (χ3n) is 3.31. The zero-order chi connectivity index (χ0) is 14.5. The molecular formula is C16H16N4O. The van der Waals surface area contributed by atoms with Crippen molar-refractivity contribution in [2.75, 3.05) is 0 Å². The van der Waals surface area contributed by atoms with E-state index in [1.54, 1.807) is 12.4 Å². The van der Waals surface area contributed by atoms with Crippen LogP contribution in [0, 0.1) is 0 Å². The minimum absolute atomic E-state index is 0.103. The number of pyridine rings is 1. The first-order valence-corrected chi connectivity index (χ1v) is 6.86. The Balaban J connectivity index is 1.73. The number of nitrogens with zero attached hydrogens (tertiary/aromatic N) is 2. The first kappa shape index (κ1) is 13.3.